The molecule has 0 spiro atoms. The number of anilines is 1. The maximum absolute atomic E-state index is 13.6. The van der Waals surface area contributed by atoms with Gasteiger partial charge in [0.15, 0.2) is 5.65 Å². The second-order valence-electron chi connectivity index (χ2n) is 10.3. The predicted molar refractivity (Wildman–Crippen MR) is 154 cm³/mol. The number of amides is 1. The molecule has 0 aromatic carbocycles. The Kier molecular flexibility index (Phi) is 10.0. The smallest absolute Gasteiger partial charge is 0.447 e. The number of thioether (sulfide) groups is 1. The van der Waals surface area contributed by atoms with Gasteiger partial charge < -0.3 is 29.7 Å². The number of halogens is 3. The number of nitrogens with zero attached hydrogens (tertiary/aromatic N) is 5. The van der Waals surface area contributed by atoms with Crippen molar-refractivity contribution < 1.29 is 32.2 Å². The maximum atomic E-state index is 13.6. The van der Waals surface area contributed by atoms with Crippen LogP contribution in [-0.4, -0.2) is 102 Å². The summed E-state index contributed by atoms with van der Waals surface area (Å²) in [7, 11) is 3.49. The van der Waals surface area contributed by atoms with Crippen LogP contribution in [0.15, 0.2) is 29.6 Å². The second-order valence-corrected chi connectivity index (χ2v) is 11.4. The molecule has 0 radical (unpaired) electrons. The van der Waals surface area contributed by atoms with Crippen LogP contribution in [0.3, 0.4) is 0 Å². The molecule has 0 aliphatic carbocycles. The molecule has 3 aromatic heterocycles. The van der Waals surface area contributed by atoms with Crippen LogP contribution in [0.1, 0.15) is 28.9 Å². The first kappa shape index (κ1) is 31.0. The summed E-state index contributed by atoms with van der Waals surface area (Å²) in [4.78, 5) is 19.6. The van der Waals surface area contributed by atoms with E-state index >= 15 is 0 Å². The van der Waals surface area contributed by atoms with E-state index in [2.05, 4.69) is 44.5 Å². The van der Waals surface area contributed by atoms with Crippen LogP contribution in [0.4, 0.5) is 18.9 Å². The van der Waals surface area contributed by atoms with E-state index in [0.717, 1.165) is 25.9 Å². The molecule has 2 atom stereocenters. The van der Waals surface area contributed by atoms with Crippen LogP contribution >= 0.6 is 11.8 Å². The SMILES string of the molecule is COc1nn2cc1C(=O)NCC#Cc1nc3c(cccn3c1SC(F)(F)F)N[C@H]1CCN(C)C[C@@H]1CCOCCOCC2. The monoisotopic (exact) mass is 621 g/mol. The summed E-state index contributed by atoms with van der Waals surface area (Å²) in [5.74, 6) is 5.40. The van der Waals surface area contributed by atoms with Crippen molar-refractivity contribution in [2.75, 3.05) is 65.5 Å². The lowest BCUT2D eigenvalue weighted by molar-refractivity contribution is -0.0330. The molecule has 2 N–H and O–H groups in total. The van der Waals surface area contributed by atoms with Crippen molar-refractivity contribution in [1.82, 2.24) is 29.4 Å². The number of pyridine rings is 1. The lowest BCUT2D eigenvalue weighted by Crippen LogP contribution is -2.45. The van der Waals surface area contributed by atoms with Crippen LogP contribution < -0.4 is 15.4 Å². The number of hydrogen-bond acceptors (Lipinski definition) is 9. The minimum absolute atomic E-state index is 0.0251. The zero-order valence-electron chi connectivity index (χ0n) is 23.9. The lowest BCUT2D eigenvalue weighted by atomic mass is 9.89. The van der Waals surface area contributed by atoms with E-state index in [-0.39, 0.29) is 52.4 Å². The highest BCUT2D eigenvalue weighted by Gasteiger charge is 2.34. The quantitative estimate of drug-likeness (QED) is 0.330. The number of carbonyl (C=O) groups is 1. The fraction of sp³-hybridized carbons (Fsp3) is 0.536. The second kappa shape index (κ2) is 13.9. The molecule has 2 aliphatic heterocycles. The van der Waals surface area contributed by atoms with E-state index in [9.17, 15) is 18.0 Å². The number of nitrogens with one attached hydrogen (secondary N) is 2. The number of piperidine rings is 1. The van der Waals surface area contributed by atoms with Crippen molar-refractivity contribution >= 4 is 29.0 Å². The number of alkyl halides is 3. The molecule has 3 aromatic rings. The number of likely N-dealkylation sites (tertiary alicyclic amines) is 1. The molecule has 0 saturated carbocycles. The van der Waals surface area contributed by atoms with Gasteiger partial charge in [-0.15, -0.1) is 5.10 Å². The molecule has 1 amide bonds. The summed E-state index contributed by atoms with van der Waals surface area (Å²) in [6.45, 7) is 3.81. The van der Waals surface area contributed by atoms with Gasteiger partial charge in [0.1, 0.15) is 16.3 Å². The van der Waals surface area contributed by atoms with Gasteiger partial charge in [0.2, 0.25) is 5.88 Å². The average Bonchev–Trinajstić information content (AvgIpc) is 3.54. The molecule has 5 heterocycles. The molecule has 4 bridgehead atoms. The third kappa shape index (κ3) is 7.94. The van der Waals surface area contributed by atoms with Gasteiger partial charge in [-0.1, -0.05) is 5.92 Å². The van der Waals surface area contributed by atoms with Crippen molar-refractivity contribution in [2.45, 2.75) is 36.0 Å². The Morgan fingerprint density at radius 1 is 1.16 bits per heavy atom. The summed E-state index contributed by atoms with van der Waals surface area (Å²) >= 11 is -0.266. The first-order chi connectivity index (χ1) is 20.7. The molecule has 11 nitrogen and oxygen atoms in total. The zero-order chi connectivity index (χ0) is 30.4. The Morgan fingerprint density at radius 2 is 1.98 bits per heavy atom. The van der Waals surface area contributed by atoms with E-state index < -0.39 is 11.4 Å². The fourth-order valence-corrected chi connectivity index (χ4v) is 5.89. The number of ether oxygens (including phenoxy) is 3. The minimum atomic E-state index is -4.55. The number of imidazole rings is 1. The topological polar surface area (TPSA) is 107 Å². The third-order valence-electron chi connectivity index (χ3n) is 7.28. The number of hydrogen-bond donors (Lipinski definition) is 2. The lowest BCUT2D eigenvalue weighted by Gasteiger charge is -2.37. The number of fused-ring (bicyclic) bond motifs is 4. The van der Waals surface area contributed by atoms with Gasteiger partial charge in [0.25, 0.3) is 5.91 Å². The van der Waals surface area contributed by atoms with Crippen molar-refractivity contribution in [3.8, 4) is 17.7 Å². The minimum Gasteiger partial charge on any atom is -0.479 e. The highest BCUT2D eigenvalue weighted by atomic mass is 32.2. The normalized spacial score (nSPS) is 21.4. The van der Waals surface area contributed by atoms with Crippen LogP contribution in [0.2, 0.25) is 0 Å². The molecular weight excluding hydrogens is 587 g/mol. The van der Waals surface area contributed by atoms with Gasteiger partial charge >= 0.3 is 5.51 Å². The Hall–Kier alpha value is -3.45. The third-order valence-corrected chi connectivity index (χ3v) is 8.09. The van der Waals surface area contributed by atoms with Crippen molar-refractivity contribution in [1.29, 1.82) is 0 Å². The van der Waals surface area contributed by atoms with Crippen molar-refractivity contribution in [2.24, 2.45) is 5.92 Å². The van der Waals surface area contributed by atoms with Crippen molar-refractivity contribution in [3.63, 3.8) is 0 Å². The van der Waals surface area contributed by atoms with Gasteiger partial charge in [-0.05, 0) is 50.4 Å². The molecular formula is C28H34F3N7O4S. The average molecular weight is 622 g/mol. The predicted octanol–water partition coefficient (Wildman–Crippen LogP) is 3.10. The fourth-order valence-electron chi connectivity index (χ4n) is 5.23. The van der Waals surface area contributed by atoms with Crippen molar-refractivity contribution in [3.05, 3.63) is 35.8 Å². The Labute approximate surface area is 251 Å². The van der Waals surface area contributed by atoms with E-state index in [0.29, 0.717) is 44.3 Å². The number of methoxy groups -OCH3 is 1. The summed E-state index contributed by atoms with van der Waals surface area (Å²) in [6.07, 6.45) is 4.76. The number of carbonyl (C=O) groups excluding carboxylic acids is 1. The molecule has 0 unspecified atom stereocenters. The Bertz CT molecular complexity index is 1480. The molecule has 2 aliphatic rings. The van der Waals surface area contributed by atoms with Crippen LogP contribution in [0.5, 0.6) is 5.88 Å². The van der Waals surface area contributed by atoms with Crippen LogP contribution in [0, 0.1) is 17.8 Å². The van der Waals surface area contributed by atoms with Gasteiger partial charge in [-0.25, -0.2) is 4.98 Å². The maximum Gasteiger partial charge on any atom is 0.447 e. The highest BCUT2D eigenvalue weighted by Crippen LogP contribution is 2.39. The van der Waals surface area contributed by atoms with E-state index in [1.807, 2.05) is 6.07 Å². The van der Waals surface area contributed by atoms with Gasteiger partial charge in [0.05, 0.1) is 45.7 Å². The van der Waals surface area contributed by atoms with Crippen LogP contribution in [-0.2, 0) is 16.0 Å². The van der Waals surface area contributed by atoms with Gasteiger partial charge in [0, 0.05) is 43.3 Å². The van der Waals surface area contributed by atoms with Crippen LogP contribution in [0.25, 0.3) is 5.65 Å². The Morgan fingerprint density at radius 3 is 2.77 bits per heavy atom. The summed E-state index contributed by atoms with van der Waals surface area (Å²) < 4.78 is 60.6. The standard InChI is InChI=1S/C28H34F3N7O4S/c1-36-11-7-21-19(17-36)8-13-41-15-16-42-14-12-37-18-20(26(35-37)40-2)25(39)32-9-3-5-23-27(43-28(29,30)31)38-10-4-6-22(33-21)24(38)34-23/h4,6,10,18-19,21,33H,7-9,11-17H2,1-2H3,(H,32,39)/t19-,21-/m0/s1. The van der Waals surface area contributed by atoms with Gasteiger partial charge in [-0.2, -0.15) is 13.2 Å². The van der Waals surface area contributed by atoms with E-state index in [1.165, 1.54) is 11.5 Å². The molecule has 1 saturated heterocycles. The van der Waals surface area contributed by atoms with Gasteiger partial charge in [-0.3, -0.25) is 13.9 Å². The summed E-state index contributed by atoms with van der Waals surface area (Å²) in [5.41, 5.74) is -3.39. The zero-order valence-corrected chi connectivity index (χ0v) is 24.8. The Balaban J connectivity index is 1.46. The summed E-state index contributed by atoms with van der Waals surface area (Å²) in [6, 6.07) is 3.60. The number of rotatable bonds is 2. The number of aromatic nitrogens is 4. The van der Waals surface area contributed by atoms with E-state index in [1.54, 1.807) is 23.1 Å². The molecule has 1 fully saturated rings. The largest absolute Gasteiger partial charge is 0.479 e. The first-order valence-corrected chi connectivity index (χ1v) is 14.8. The molecule has 43 heavy (non-hydrogen) atoms. The first-order valence-electron chi connectivity index (χ1n) is 14.0. The van der Waals surface area contributed by atoms with E-state index in [4.69, 9.17) is 14.2 Å². The molecule has 232 valence electrons. The summed E-state index contributed by atoms with van der Waals surface area (Å²) in [5, 5.41) is 10.3. The molecule has 15 heteroatoms. The highest BCUT2D eigenvalue weighted by molar-refractivity contribution is 8.00. The molecule has 5 rings (SSSR count).